The lowest BCUT2D eigenvalue weighted by atomic mass is 9.97. The molecule has 0 saturated carbocycles. The Bertz CT molecular complexity index is 641. The molecule has 2 fully saturated rings. The zero-order chi connectivity index (χ0) is 18.7. The maximum atomic E-state index is 13.0. The molecule has 0 aliphatic carbocycles. The summed E-state index contributed by atoms with van der Waals surface area (Å²) in [7, 11) is 0. The van der Waals surface area contributed by atoms with Crippen molar-refractivity contribution >= 4 is 12.0 Å². The maximum absolute atomic E-state index is 13.0. The van der Waals surface area contributed by atoms with Crippen LogP contribution in [0.3, 0.4) is 0 Å². The summed E-state index contributed by atoms with van der Waals surface area (Å²) in [5.41, 5.74) is 0.145. The summed E-state index contributed by atoms with van der Waals surface area (Å²) in [6, 6.07) is 3.61. The van der Waals surface area contributed by atoms with Crippen LogP contribution in [0.5, 0.6) is 0 Å². The lowest BCUT2D eigenvalue weighted by Gasteiger charge is -2.38. The van der Waals surface area contributed by atoms with Gasteiger partial charge in [-0.25, -0.2) is 4.79 Å². The summed E-state index contributed by atoms with van der Waals surface area (Å²) in [6.45, 7) is 7.05. The van der Waals surface area contributed by atoms with Crippen molar-refractivity contribution in [3.8, 4) is 0 Å². The topological polar surface area (TPSA) is 62.7 Å². The molecule has 1 aromatic heterocycles. The minimum absolute atomic E-state index is 0.0320. The van der Waals surface area contributed by atoms with Crippen molar-refractivity contribution in [2.45, 2.75) is 70.6 Å². The molecule has 2 atom stereocenters. The summed E-state index contributed by atoms with van der Waals surface area (Å²) in [6.07, 6.45) is 7.91. The van der Waals surface area contributed by atoms with Gasteiger partial charge in [-0.2, -0.15) is 0 Å². The van der Waals surface area contributed by atoms with E-state index in [1.807, 2.05) is 30.6 Å². The highest BCUT2D eigenvalue weighted by Crippen LogP contribution is 2.31. The van der Waals surface area contributed by atoms with Crippen LogP contribution in [0.4, 0.5) is 4.79 Å². The second-order valence-electron chi connectivity index (χ2n) is 8.18. The minimum Gasteiger partial charge on any atom is -0.444 e. The molecule has 2 aliphatic rings. The molecule has 26 heavy (non-hydrogen) atoms. The van der Waals surface area contributed by atoms with E-state index in [0.29, 0.717) is 18.7 Å². The van der Waals surface area contributed by atoms with Crippen molar-refractivity contribution in [1.29, 1.82) is 0 Å². The van der Waals surface area contributed by atoms with Crippen molar-refractivity contribution in [2.75, 3.05) is 13.1 Å². The third kappa shape index (κ3) is 4.17. The third-order valence-corrected chi connectivity index (χ3v) is 5.13. The van der Waals surface area contributed by atoms with Crippen LogP contribution in [0.25, 0.3) is 0 Å². The van der Waals surface area contributed by atoms with Gasteiger partial charge in [0.15, 0.2) is 0 Å². The van der Waals surface area contributed by atoms with Crippen molar-refractivity contribution < 1.29 is 14.3 Å². The fourth-order valence-electron chi connectivity index (χ4n) is 3.99. The Morgan fingerprint density at radius 3 is 2.38 bits per heavy atom. The number of aromatic nitrogens is 1. The van der Waals surface area contributed by atoms with E-state index in [-0.39, 0.29) is 24.1 Å². The summed E-state index contributed by atoms with van der Waals surface area (Å²) in [5.74, 6) is 0.0320. The smallest absolute Gasteiger partial charge is 0.410 e. The Kier molecular flexibility index (Phi) is 5.49. The van der Waals surface area contributed by atoms with E-state index < -0.39 is 5.60 Å². The molecule has 3 heterocycles. The number of hydrogen-bond donors (Lipinski definition) is 0. The molecule has 2 amide bonds. The fourth-order valence-corrected chi connectivity index (χ4v) is 3.99. The first kappa shape index (κ1) is 18.7. The van der Waals surface area contributed by atoms with Crippen molar-refractivity contribution in [1.82, 2.24) is 14.8 Å². The second-order valence-corrected chi connectivity index (χ2v) is 8.18. The largest absolute Gasteiger partial charge is 0.444 e. The summed E-state index contributed by atoms with van der Waals surface area (Å²) in [5, 5.41) is 0. The maximum Gasteiger partial charge on any atom is 0.410 e. The molecular weight excluding hydrogens is 330 g/mol. The Morgan fingerprint density at radius 1 is 1.00 bits per heavy atom. The van der Waals surface area contributed by atoms with Crippen LogP contribution in [0.2, 0.25) is 0 Å². The van der Waals surface area contributed by atoms with Gasteiger partial charge in [-0.05, 0) is 52.2 Å². The molecule has 3 rings (SSSR count). The van der Waals surface area contributed by atoms with E-state index >= 15 is 0 Å². The van der Waals surface area contributed by atoms with Crippen molar-refractivity contribution in [2.24, 2.45) is 0 Å². The van der Waals surface area contributed by atoms with Gasteiger partial charge in [0.05, 0.1) is 12.1 Å². The third-order valence-electron chi connectivity index (χ3n) is 5.13. The van der Waals surface area contributed by atoms with Gasteiger partial charge in [0, 0.05) is 31.0 Å². The average Bonchev–Trinajstić information content (AvgIpc) is 2.96. The molecule has 0 unspecified atom stereocenters. The van der Waals surface area contributed by atoms with E-state index in [9.17, 15) is 9.59 Å². The molecular formula is C20H29N3O3. The second kappa shape index (κ2) is 7.64. The normalized spacial score (nSPS) is 23.8. The predicted molar refractivity (Wildman–Crippen MR) is 98.9 cm³/mol. The number of amides is 2. The predicted octanol–water partition coefficient (Wildman–Crippen LogP) is 3.48. The van der Waals surface area contributed by atoms with Crippen LogP contribution in [-0.4, -0.2) is 57.6 Å². The number of ether oxygens (including phenoxy) is 1. The number of carbonyl (C=O) groups is 2. The molecule has 6 nitrogen and oxygen atoms in total. The van der Waals surface area contributed by atoms with E-state index in [0.717, 1.165) is 32.1 Å². The molecule has 2 aliphatic heterocycles. The number of pyridine rings is 1. The lowest BCUT2D eigenvalue weighted by Crippen LogP contribution is -2.51. The van der Waals surface area contributed by atoms with Crippen LogP contribution in [0.15, 0.2) is 24.5 Å². The Labute approximate surface area is 155 Å². The zero-order valence-electron chi connectivity index (χ0n) is 16.0. The van der Waals surface area contributed by atoms with E-state index in [4.69, 9.17) is 4.74 Å². The van der Waals surface area contributed by atoms with Gasteiger partial charge in [-0.15, -0.1) is 0 Å². The number of fused-ring (bicyclic) bond motifs is 1. The molecule has 142 valence electrons. The van der Waals surface area contributed by atoms with Crippen LogP contribution >= 0.6 is 0 Å². The van der Waals surface area contributed by atoms with Crippen molar-refractivity contribution in [3.63, 3.8) is 0 Å². The van der Waals surface area contributed by atoms with Gasteiger partial charge in [0.2, 0.25) is 0 Å². The van der Waals surface area contributed by atoms with Gasteiger partial charge in [0.1, 0.15) is 5.60 Å². The molecule has 0 aromatic carbocycles. The van der Waals surface area contributed by atoms with Crippen molar-refractivity contribution in [3.05, 3.63) is 30.1 Å². The molecule has 0 spiro atoms. The van der Waals surface area contributed by atoms with Crippen LogP contribution in [0, 0.1) is 0 Å². The standard InChI is InChI=1S/C20H29N3O3/c1-20(2,3)26-19(25)23-13-6-4-5-7-16-17(23)10-14-22(16)18(24)15-8-11-21-12-9-15/h8-9,11-12,16-17H,4-7,10,13-14H2,1-3H3/t16-,17-/m1/s1. The first-order chi connectivity index (χ1) is 12.4. The average molecular weight is 359 g/mol. The Morgan fingerprint density at radius 2 is 1.69 bits per heavy atom. The highest BCUT2D eigenvalue weighted by Gasteiger charge is 2.43. The molecule has 2 saturated heterocycles. The zero-order valence-corrected chi connectivity index (χ0v) is 16.0. The first-order valence-electron chi connectivity index (χ1n) is 9.57. The van der Waals surface area contributed by atoms with Gasteiger partial charge in [-0.3, -0.25) is 9.78 Å². The summed E-state index contributed by atoms with van der Waals surface area (Å²) in [4.78, 5) is 33.5. The molecule has 0 bridgehead atoms. The number of nitrogens with zero attached hydrogens (tertiary/aromatic N) is 3. The van der Waals surface area contributed by atoms with Crippen LogP contribution in [0.1, 0.15) is 63.2 Å². The van der Waals surface area contributed by atoms with Gasteiger partial charge < -0.3 is 14.5 Å². The SMILES string of the molecule is CC(C)(C)OC(=O)N1CCCCC[C@@H]2[C@H]1CCN2C(=O)c1ccncc1. The number of carbonyl (C=O) groups excluding carboxylic acids is 2. The van der Waals surface area contributed by atoms with Gasteiger partial charge in [0.25, 0.3) is 5.91 Å². The quantitative estimate of drug-likeness (QED) is 0.770. The molecule has 0 radical (unpaired) electrons. The van der Waals surface area contributed by atoms with Crippen LogP contribution in [-0.2, 0) is 4.74 Å². The molecule has 6 heteroatoms. The highest BCUT2D eigenvalue weighted by molar-refractivity contribution is 5.94. The van der Waals surface area contributed by atoms with Crippen LogP contribution < -0.4 is 0 Å². The van der Waals surface area contributed by atoms with E-state index in [1.165, 1.54) is 0 Å². The highest BCUT2D eigenvalue weighted by atomic mass is 16.6. The van der Waals surface area contributed by atoms with Gasteiger partial charge >= 0.3 is 6.09 Å². The fraction of sp³-hybridized carbons (Fsp3) is 0.650. The Hall–Kier alpha value is -2.11. The number of hydrogen-bond acceptors (Lipinski definition) is 4. The van der Waals surface area contributed by atoms with Gasteiger partial charge in [-0.1, -0.05) is 12.8 Å². The molecule has 1 aromatic rings. The minimum atomic E-state index is -0.514. The van der Waals surface area contributed by atoms with E-state index in [2.05, 4.69) is 4.98 Å². The monoisotopic (exact) mass is 359 g/mol. The lowest BCUT2D eigenvalue weighted by molar-refractivity contribution is 0.00898. The summed E-state index contributed by atoms with van der Waals surface area (Å²) >= 11 is 0. The summed E-state index contributed by atoms with van der Waals surface area (Å²) < 4.78 is 5.64. The first-order valence-corrected chi connectivity index (χ1v) is 9.57. The van der Waals surface area contributed by atoms with E-state index in [1.54, 1.807) is 24.5 Å². The number of likely N-dealkylation sites (tertiary alicyclic amines) is 2. The molecule has 0 N–H and O–H groups in total. The number of rotatable bonds is 1. The Balaban J connectivity index is 1.80.